The molecule has 3 rings (SSSR count). The number of anilines is 1. The van der Waals surface area contributed by atoms with Gasteiger partial charge in [-0.15, -0.1) is 5.10 Å². The molecule has 0 spiro atoms. The van der Waals surface area contributed by atoms with Crippen LogP contribution in [-0.4, -0.2) is 26.2 Å². The Balaban J connectivity index is 1.67. The number of tetrazole rings is 1. The number of carbonyl (C=O) groups excluding carboxylic acids is 1. The lowest BCUT2D eigenvalue weighted by atomic mass is 10.1. The molecule has 0 fully saturated rings. The van der Waals surface area contributed by atoms with Crippen molar-refractivity contribution in [3.63, 3.8) is 0 Å². The largest absolute Gasteiger partial charge is 0.330 e. The van der Waals surface area contributed by atoms with E-state index in [-0.39, 0.29) is 12.6 Å². The van der Waals surface area contributed by atoms with Crippen molar-refractivity contribution in [2.45, 2.75) is 20.4 Å². The van der Waals surface area contributed by atoms with Gasteiger partial charge in [-0.2, -0.15) is 4.68 Å². The number of nitrogens with one attached hydrogen (secondary N) is 2. The van der Waals surface area contributed by atoms with Crippen LogP contribution in [0, 0.1) is 13.8 Å². The standard InChI is InChI=1S/C17H18N6O/c1-12-8-9-15(10-13(12)2)23-16(20-21-22-23)11-18-17(24)19-14-6-4-3-5-7-14/h3-10H,11H2,1-2H3,(H2,18,19,24). The Morgan fingerprint density at radius 3 is 2.62 bits per heavy atom. The first kappa shape index (κ1) is 15.7. The Bertz CT molecular complexity index is 843. The van der Waals surface area contributed by atoms with Crippen LogP contribution in [0.2, 0.25) is 0 Å². The Hall–Kier alpha value is -3.22. The molecule has 0 aliphatic rings. The molecule has 122 valence electrons. The number of rotatable bonds is 4. The van der Waals surface area contributed by atoms with Crippen LogP contribution in [-0.2, 0) is 6.54 Å². The van der Waals surface area contributed by atoms with E-state index >= 15 is 0 Å². The summed E-state index contributed by atoms with van der Waals surface area (Å²) in [4.78, 5) is 12.0. The van der Waals surface area contributed by atoms with Crippen molar-refractivity contribution >= 4 is 11.7 Å². The molecule has 24 heavy (non-hydrogen) atoms. The molecule has 2 aromatic carbocycles. The second-order valence-corrected chi connectivity index (χ2v) is 5.45. The second kappa shape index (κ2) is 6.91. The minimum Gasteiger partial charge on any atom is -0.330 e. The summed E-state index contributed by atoms with van der Waals surface area (Å²) in [7, 11) is 0. The summed E-state index contributed by atoms with van der Waals surface area (Å²) in [6.45, 7) is 4.31. The van der Waals surface area contributed by atoms with Gasteiger partial charge in [-0.1, -0.05) is 24.3 Å². The number of hydrogen-bond acceptors (Lipinski definition) is 4. The lowest BCUT2D eigenvalue weighted by Gasteiger charge is -2.09. The van der Waals surface area contributed by atoms with Crippen molar-refractivity contribution < 1.29 is 4.79 Å². The van der Waals surface area contributed by atoms with E-state index in [1.54, 1.807) is 4.68 Å². The van der Waals surface area contributed by atoms with E-state index in [4.69, 9.17) is 0 Å². The van der Waals surface area contributed by atoms with Gasteiger partial charge < -0.3 is 10.6 Å². The van der Waals surface area contributed by atoms with Gasteiger partial charge in [0.15, 0.2) is 5.82 Å². The molecule has 0 atom stereocenters. The average molecular weight is 322 g/mol. The summed E-state index contributed by atoms with van der Waals surface area (Å²) in [5.41, 5.74) is 3.95. The van der Waals surface area contributed by atoms with Crippen LogP contribution < -0.4 is 10.6 Å². The van der Waals surface area contributed by atoms with Crippen LogP contribution in [0.15, 0.2) is 48.5 Å². The van der Waals surface area contributed by atoms with E-state index in [0.29, 0.717) is 5.82 Å². The molecular formula is C17H18N6O. The zero-order valence-electron chi connectivity index (χ0n) is 13.5. The molecule has 0 aliphatic heterocycles. The first-order chi connectivity index (χ1) is 11.6. The number of hydrogen-bond donors (Lipinski definition) is 2. The van der Waals surface area contributed by atoms with Crippen molar-refractivity contribution in [1.29, 1.82) is 0 Å². The van der Waals surface area contributed by atoms with Gasteiger partial charge in [0.2, 0.25) is 0 Å². The monoisotopic (exact) mass is 322 g/mol. The average Bonchev–Trinajstić information content (AvgIpc) is 3.05. The SMILES string of the molecule is Cc1ccc(-n2nnnc2CNC(=O)Nc2ccccc2)cc1C. The van der Waals surface area contributed by atoms with Crippen LogP contribution >= 0.6 is 0 Å². The Morgan fingerprint density at radius 1 is 1.08 bits per heavy atom. The first-order valence-electron chi connectivity index (χ1n) is 7.58. The van der Waals surface area contributed by atoms with E-state index in [0.717, 1.165) is 16.9 Å². The number of aromatic nitrogens is 4. The van der Waals surface area contributed by atoms with Crippen molar-refractivity contribution in [2.24, 2.45) is 0 Å². The third-order valence-corrected chi connectivity index (χ3v) is 3.71. The summed E-state index contributed by atoms with van der Waals surface area (Å²) in [6.07, 6.45) is 0. The molecule has 7 heteroatoms. The van der Waals surface area contributed by atoms with Crippen LogP contribution in [0.3, 0.4) is 0 Å². The fraction of sp³-hybridized carbons (Fsp3) is 0.176. The Labute approximate surface area is 139 Å². The minimum atomic E-state index is -0.309. The maximum absolute atomic E-state index is 12.0. The number of carbonyl (C=O) groups is 1. The van der Waals surface area contributed by atoms with Gasteiger partial charge in [0.25, 0.3) is 0 Å². The van der Waals surface area contributed by atoms with Crippen LogP contribution in [0.25, 0.3) is 5.69 Å². The molecule has 1 aromatic heterocycles. The van der Waals surface area contributed by atoms with Gasteiger partial charge in [-0.3, -0.25) is 0 Å². The molecule has 0 unspecified atom stereocenters. The maximum atomic E-state index is 12.0. The zero-order chi connectivity index (χ0) is 16.9. The van der Waals surface area contributed by atoms with E-state index < -0.39 is 0 Å². The van der Waals surface area contributed by atoms with Crippen molar-refractivity contribution in [2.75, 3.05) is 5.32 Å². The van der Waals surface area contributed by atoms with Gasteiger partial charge >= 0.3 is 6.03 Å². The highest BCUT2D eigenvalue weighted by atomic mass is 16.2. The van der Waals surface area contributed by atoms with Gasteiger partial charge in [-0.05, 0) is 59.7 Å². The van der Waals surface area contributed by atoms with Crippen molar-refractivity contribution in [3.05, 3.63) is 65.5 Å². The fourth-order valence-electron chi connectivity index (χ4n) is 2.23. The highest BCUT2D eigenvalue weighted by molar-refractivity contribution is 5.89. The smallest absolute Gasteiger partial charge is 0.319 e. The summed E-state index contributed by atoms with van der Waals surface area (Å²) < 4.78 is 1.62. The van der Waals surface area contributed by atoms with Crippen LogP contribution in [0.1, 0.15) is 17.0 Å². The third kappa shape index (κ3) is 3.57. The molecular weight excluding hydrogens is 304 g/mol. The maximum Gasteiger partial charge on any atom is 0.319 e. The molecule has 0 saturated carbocycles. The van der Waals surface area contributed by atoms with Gasteiger partial charge in [0.05, 0.1) is 12.2 Å². The highest BCUT2D eigenvalue weighted by Crippen LogP contribution is 2.14. The third-order valence-electron chi connectivity index (χ3n) is 3.71. The molecule has 3 aromatic rings. The number of benzene rings is 2. The molecule has 0 saturated heterocycles. The van der Waals surface area contributed by atoms with Gasteiger partial charge in [0.1, 0.15) is 0 Å². The Morgan fingerprint density at radius 2 is 1.88 bits per heavy atom. The van der Waals surface area contributed by atoms with E-state index in [1.807, 2.05) is 55.5 Å². The van der Waals surface area contributed by atoms with E-state index in [1.165, 1.54) is 5.56 Å². The first-order valence-corrected chi connectivity index (χ1v) is 7.58. The Kier molecular flexibility index (Phi) is 4.51. The molecule has 0 bridgehead atoms. The molecule has 0 aliphatic carbocycles. The molecule has 2 amide bonds. The molecule has 1 heterocycles. The lowest BCUT2D eigenvalue weighted by molar-refractivity contribution is 0.251. The van der Waals surface area contributed by atoms with Gasteiger partial charge in [0, 0.05) is 5.69 Å². The topological polar surface area (TPSA) is 84.7 Å². The fourth-order valence-corrected chi connectivity index (χ4v) is 2.23. The number of aryl methyl sites for hydroxylation is 2. The quantitative estimate of drug-likeness (QED) is 0.773. The summed E-state index contributed by atoms with van der Waals surface area (Å²) >= 11 is 0. The van der Waals surface area contributed by atoms with Crippen LogP contribution in [0.5, 0.6) is 0 Å². The summed E-state index contributed by atoms with van der Waals surface area (Å²) in [6, 6.07) is 14.9. The number of urea groups is 1. The van der Waals surface area contributed by atoms with Crippen LogP contribution in [0.4, 0.5) is 10.5 Å². The van der Waals surface area contributed by atoms with Crippen molar-refractivity contribution in [1.82, 2.24) is 25.5 Å². The summed E-state index contributed by atoms with van der Waals surface area (Å²) in [5.74, 6) is 0.557. The minimum absolute atomic E-state index is 0.221. The molecule has 7 nitrogen and oxygen atoms in total. The van der Waals surface area contributed by atoms with E-state index in [9.17, 15) is 4.79 Å². The zero-order valence-corrected chi connectivity index (χ0v) is 13.5. The number of para-hydroxylation sites is 1. The normalized spacial score (nSPS) is 10.4. The predicted octanol–water partition coefficient (Wildman–Crippen LogP) is 2.60. The van der Waals surface area contributed by atoms with Gasteiger partial charge in [-0.25, -0.2) is 4.79 Å². The predicted molar refractivity (Wildman–Crippen MR) is 90.9 cm³/mol. The highest BCUT2D eigenvalue weighted by Gasteiger charge is 2.10. The summed E-state index contributed by atoms with van der Waals surface area (Å²) in [5, 5.41) is 17.2. The molecule has 2 N–H and O–H groups in total. The number of amides is 2. The molecule has 0 radical (unpaired) electrons. The van der Waals surface area contributed by atoms with E-state index in [2.05, 4.69) is 33.1 Å². The second-order valence-electron chi connectivity index (χ2n) is 5.45. The van der Waals surface area contributed by atoms with Crippen molar-refractivity contribution in [3.8, 4) is 5.69 Å². The number of nitrogens with zero attached hydrogens (tertiary/aromatic N) is 4. The lowest BCUT2D eigenvalue weighted by Crippen LogP contribution is -2.29.